The lowest BCUT2D eigenvalue weighted by molar-refractivity contribution is -0.160. The summed E-state index contributed by atoms with van der Waals surface area (Å²) in [6, 6.07) is 20.4. The number of hydrogen-bond acceptors (Lipinski definition) is 3. The molecule has 0 spiro atoms. The van der Waals surface area contributed by atoms with E-state index in [0.717, 1.165) is 10.4 Å². The van der Waals surface area contributed by atoms with Gasteiger partial charge in [-0.1, -0.05) is 81.4 Å². The molecule has 3 nitrogen and oxygen atoms in total. The summed E-state index contributed by atoms with van der Waals surface area (Å²) < 4.78 is 11.7. The quantitative estimate of drug-likeness (QED) is 0.590. The number of methoxy groups -OCH3 is 1. The van der Waals surface area contributed by atoms with E-state index < -0.39 is 14.6 Å². The molecule has 0 aliphatic carbocycles. The first kappa shape index (κ1) is 19.4. The number of carbonyl (C=O) groups is 1. The minimum atomic E-state index is -2.04. The molecule has 0 heterocycles. The van der Waals surface area contributed by atoms with Crippen molar-refractivity contribution in [1.82, 2.24) is 0 Å². The monoisotopic (exact) mass is 356 g/mol. The molecule has 0 aliphatic rings. The topological polar surface area (TPSA) is 35.5 Å². The van der Waals surface area contributed by atoms with Gasteiger partial charge in [0.25, 0.3) is 0 Å². The predicted molar refractivity (Wildman–Crippen MR) is 105 cm³/mol. The normalized spacial score (nSPS) is 14.2. The van der Waals surface area contributed by atoms with E-state index in [-0.39, 0.29) is 11.4 Å². The van der Waals surface area contributed by atoms with Gasteiger partial charge < -0.3 is 9.16 Å². The molecule has 0 amide bonds. The molecule has 134 valence electrons. The third-order valence-electron chi connectivity index (χ3n) is 4.07. The average molecular weight is 357 g/mol. The Kier molecular flexibility index (Phi) is 6.19. The van der Waals surface area contributed by atoms with Gasteiger partial charge in [0.15, 0.2) is 5.60 Å². The summed E-state index contributed by atoms with van der Waals surface area (Å²) in [4.78, 5) is 12.6. The number of benzene rings is 2. The molecule has 0 saturated carbocycles. The molecule has 1 atom stereocenters. The van der Waals surface area contributed by atoms with E-state index in [9.17, 15) is 4.79 Å². The van der Waals surface area contributed by atoms with Crippen molar-refractivity contribution in [3.63, 3.8) is 0 Å². The van der Waals surface area contributed by atoms with Crippen molar-refractivity contribution in [2.24, 2.45) is 5.41 Å². The van der Waals surface area contributed by atoms with E-state index in [2.05, 4.69) is 45.0 Å². The molecule has 2 aromatic rings. The van der Waals surface area contributed by atoms with Crippen LogP contribution >= 0.6 is 0 Å². The Balaban J connectivity index is 2.44. The third kappa shape index (κ3) is 5.28. The van der Waals surface area contributed by atoms with Crippen LogP contribution in [-0.4, -0.2) is 27.7 Å². The van der Waals surface area contributed by atoms with Crippen LogP contribution in [0.2, 0.25) is 0 Å². The molecular formula is C21H28O3Si. The average Bonchev–Trinajstić information content (AvgIpc) is 2.59. The van der Waals surface area contributed by atoms with Crippen molar-refractivity contribution >= 4 is 25.4 Å². The standard InChI is InChI=1S/C21H28O3Si/c1-20(2,3)16-21(4,19(22)23-5)24-25(17-12-8-6-9-13-17)18-14-10-7-11-15-18/h6-15,25H,16H2,1-5H3. The van der Waals surface area contributed by atoms with Crippen molar-refractivity contribution in [3.8, 4) is 0 Å². The molecular weight excluding hydrogens is 328 g/mol. The van der Waals surface area contributed by atoms with Crippen molar-refractivity contribution < 1.29 is 14.0 Å². The number of carbonyl (C=O) groups excluding carboxylic acids is 1. The van der Waals surface area contributed by atoms with Gasteiger partial charge in [0.1, 0.15) is 0 Å². The summed E-state index contributed by atoms with van der Waals surface area (Å²) in [7, 11) is -0.611. The van der Waals surface area contributed by atoms with Crippen molar-refractivity contribution in [3.05, 3.63) is 60.7 Å². The largest absolute Gasteiger partial charge is 0.467 e. The SMILES string of the molecule is COC(=O)C(C)(CC(C)(C)C)O[SiH](c1ccccc1)c1ccccc1. The molecule has 2 rings (SSSR count). The highest BCUT2D eigenvalue weighted by atomic mass is 28.3. The van der Waals surface area contributed by atoms with Gasteiger partial charge in [-0.25, -0.2) is 4.79 Å². The van der Waals surface area contributed by atoms with Gasteiger partial charge in [0.2, 0.25) is 9.04 Å². The lowest BCUT2D eigenvalue weighted by atomic mass is 9.83. The minimum Gasteiger partial charge on any atom is -0.467 e. The number of ether oxygens (including phenoxy) is 1. The van der Waals surface area contributed by atoms with Gasteiger partial charge in [-0.3, -0.25) is 0 Å². The van der Waals surface area contributed by atoms with Crippen LogP contribution in [0.3, 0.4) is 0 Å². The van der Waals surface area contributed by atoms with E-state index in [1.807, 2.05) is 43.3 Å². The Labute approximate surface area is 152 Å². The second-order valence-corrected chi connectivity index (χ2v) is 10.1. The Hall–Kier alpha value is -1.91. The van der Waals surface area contributed by atoms with Gasteiger partial charge in [-0.2, -0.15) is 0 Å². The van der Waals surface area contributed by atoms with Crippen LogP contribution in [-0.2, 0) is 14.0 Å². The Morgan fingerprint density at radius 3 is 1.68 bits per heavy atom. The first-order valence-corrected chi connectivity index (χ1v) is 10.2. The zero-order chi connectivity index (χ0) is 18.5. The molecule has 0 bridgehead atoms. The highest BCUT2D eigenvalue weighted by Crippen LogP contribution is 2.31. The van der Waals surface area contributed by atoms with Crippen LogP contribution in [0.1, 0.15) is 34.1 Å². The van der Waals surface area contributed by atoms with Crippen LogP contribution in [0.15, 0.2) is 60.7 Å². The predicted octanol–water partition coefficient (Wildman–Crippen LogP) is 2.91. The summed E-state index contributed by atoms with van der Waals surface area (Å²) in [5.74, 6) is -0.313. The molecule has 0 fully saturated rings. The Morgan fingerprint density at radius 2 is 1.32 bits per heavy atom. The first-order chi connectivity index (χ1) is 11.7. The lowest BCUT2D eigenvalue weighted by Gasteiger charge is -2.36. The zero-order valence-corrected chi connectivity index (χ0v) is 16.9. The van der Waals surface area contributed by atoms with Gasteiger partial charge >= 0.3 is 5.97 Å². The van der Waals surface area contributed by atoms with Crippen molar-refractivity contribution in [2.45, 2.75) is 39.7 Å². The second-order valence-electron chi connectivity index (χ2n) is 7.78. The Bertz CT molecular complexity index is 640. The number of hydrogen-bond donors (Lipinski definition) is 0. The van der Waals surface area contributed by atoms with Crippen LogP contribution in [0.5, 0.6) is 0 Å². The highest BCUT2D eigenvalue weighted by Gasteiger charge is 2.42. The summed E-state index contributed by atoms with van der Waals surface area (Å²) in [6.07, 6.45) is 0.593. The lowest BCUT2D eigenvalue weighted by Crippen LogP contribution is -2.55. The van der Waals surface area contributed by atoms with E-state index in [4.69, 9.17) is 9.16 Å². The highest BCUT2D eigenvalue weighted by molar-refractivity contribution is 6.80. The fraction of sp³-hybridized carbons (Fsp3) is 0.381. The van der Waals surface area contributed by atoms with E-state index in [1.54, 1.807) is 0 Å². The Morgan fingerprint density at radius 1 is 0.880 bits per heavy atom. The second kappa shape index (κ2) is 7.98. The fourth-order valence-corrected chi connectivity index (χ4v) is 5.73. The maximum atomic E-state index is 12.6. The smallest absolute Gasteiger partial charge is 0.336 e. The molecule has 1 unspecified atom stereocenters. The van der Waals surface area contributed by atoms with Crippen molar-refractivity contribution in [1.29, 1.82) is 0 Å². The molecule has 25 heavy (non-hydrogen) atoms. The fourth-order valence-electron chi connectivity index (χ4n) is 3.23. The summed E-state index contributed by atoms with van der Waals surface area (Å²) in [5, 5.41) is 2.30. The van der Waals surface area contributed by atoms with Crippen molar-refractivity contribution in [2.75, 3.05) is 7.11 Å². The molecule has 0 saturated heterocycles. The molecule has 0 radical (unpaired) electrons. The molecule has 0 aromatic heterocycles. The maximum absolute atomic E-state index is 12.6. The van der Waals surface area contributed by atoms with Crippen LogP contribution in [0.4, 0.5) is 0 Å². The van der Waals surface area contributed by atoms with Gasteiger partial charge in [-0.15, -0.1) is 0 Å². The maximum Gasteiger partial charge on any atom is 0.336 e. The van der Waals surface area contributed by atoms with Gasteiger partial charge in [0, 0.05) is 0 Å². The van der Waals surface area contributed by atoms with E-state index >= 15 is 0 Å². The van der Waals surface area contributed by atoms with E-state index in [0.29, 0.717) is 6.42 Å². The van der Waals surface area contributed by atoms with Gasteiger partial charge in [0.05, 0.1) is 7.11 Å². The number of rotatable bonds is 6. The van der Waals surface area contributed by atoms with E-state index in [1.165, 1.54) is 7.11 Å². The summed E-state index contributed by atoms with van der Waals surface area (Å²) in [6.45, 7) is 8.19. The van der Waals surface area contributed by atoms with Crippen LogP contribution < -0.4 is 10.4 Å². The summed E-state index contributed by atoms with van der Waals surface area (Å²) in [5.41, 5.74) is -1.04. The molecule has 4 heteroatoms. The number of esters is 1. The molecule has 2 aromatic carbocycles. The van der Waals surface area contributed by atoms with Crippen LogP contribution in [0, 0.1) is 5.41 Å². The summed E-state index contributed by atoms with van der Waals surface area (Å²) >= 11 is 0. The minimum absolute atomic E-state index is 0.0603. The molecule has 0 aliphatic heterocycles. The third-order valence-corrected chi connectivity index (χ3v) is 6.80. The first-order valence-electron chi connectivity index (χ1n) is 8.61. The van der Waals surface area contributed by atoms with Gasteiger partial charge in [-0.05, 0) is 29.1 Å². The van der Waals surface area contributed by atoms with Crippen LogP contribution in [0.25, 0.3) is 0 Å². The molecule has 0 N–H and O–H groups in total. The zero-order valence-electron chi connectivity index (χ0n) is 15.8.